The lowest BCUT2D eigenvalue weighted by molar-refractivity contribution is -0.141. The minimum atomic E-state index is -0.183. The van der Waals surface area contributed by atoms with E-state index < -0.39 is 0 Å². The molecule has 0 aromatic heterocycles. The molecular formula is C31H43N5O5. The minimum absolute atomic E-state index is 0.00866. The van der Waals surface area contributed by atoms with Crippen LogP contribution in [0.25, 0.3) is 0 Å². The van der Waals surface area contributed by atoms with Gasteiger partial charge in [-0.1, -0.05) is 0 Å². The van der Waals surface area contributed by atoms with E-state index in [-0.39, 0.29) is 102 Å². The lowest BCUT2D eigenvalue weighted by Gasteiger charge is -2.33. The molecule has 12 atom stereocenters. The lowest BCUT2D eigenvalue weighted by Crippen LogP contribution is -2.49. The minimum Gasteiger partial charge on any atom is -0.359 e. The maximum Gasteiger partial charge on any atom is 0.228 e. The standard InChI is InChI=1S/C31H43N5O5/c1-15(37)33-16-3-8-25(33)21(12-16)29(39)35-18-5-10-27(35)23(14-18)31(41)36-19-6-9-26(36)22(13-19)30(40)34-17-4-7-24(34)20(11-17)28(38)32-2/h16-27H,3-14H2,1-2H3,(H,32,38)/t16-,17-,18-,19-,20+,21+,22+,23+,24+,25+,26+,27+/m1/s1. The topological polar surface area (TPSA) is 110 Å². The van der Waals surface area contributed by atoms with Crippen LogP contribution in [0, 0.1) is 23.7 Å². The van der Waals surface area contributed by atoms with Gasteiger partial charge in [0.2, 0.25) is 29.5 Å². The Kier molecular flexibility index (Phi) is 5.82. The summed E-state index contributed by atoms with van der Waals surface area (Å²) >= 11 is 0. The molecule has 41 heavy (non-hydrogen) atoms. The third-order valence-electron chi connectivity index (χ3n) is 12.8. The zero-order chi connectivity index (χ0) is 28.3. The van der Waals surface area contributed by atoms with Crippen LogP contribution in [-0.4, -0.2) is 105 Å². The molecular weight excluding hydrogens is 522 g/mol. The largest absolute Gasteiger partial charge is 0.359 e. The van der Waals surface area contributed by atoms with Crippen molar-refractivity contribution in [2.75, 3.05) is 7.05 Å². The maximum atomic E-state index is 14.2. The number of nitrogens with zero attached hydrogens (tertiary/aromatic N) is 4. The normalized spacial score (nSPS) is 44.9. The van der Waals surface area contributed by atoms with Crippen molar-refractivity contribution in [2.45, 2.75) is 132 Å². The fourth-order valence-corrected chi connectivity index (χ4v) is 11.3. The van der Waals surface area contributed by atoms with Crippen molar-refractivity contribution in [3.8, 4) is 0 Å². The van der Waals surface area contributed by atoms with Gasteiger partial charge in [0, 0.05) is 62.3 Å². The first-order valence-electron chi connectivity index (χ1n) is 16.3. The van der Waals surface area contributed by atoms with Crippen LogP contribution in [0.5, 0.6) is 0 Å². The lowest BCUT2D eigenvalue weighted by atomic mass is 9.87. The molecule has 0 spiro atoms. The van der Waals surface area contributed by atoms with Crippen molar-refractivity contribution in [2.24, 2.45) is 23.7 Å². The smallest absolute Gasteiger partial charge is 0.228 e. The highest BCUT2D eigenvalue weighted by molar-refractivity contribution is 5.89. The van der Waals surface area contributed by atoms with Crippen LogP contribution in [0.15, 0.2) is 0 Å². The van der Waals surface area contributed by atoms with E-state index in [4.69, 9.17) is 0 Å². The first-order valence-corrected chi connectivity index (χ1v) is 16.3. The molecule has 0 saturated carbocycles. The molecule has 10 nitrogen and oxygen atoms in total. The number of fused-ring (bicyclic) bond motifs is 8. The number of rotatable bonds is 4. The number of carbonyl (C=O) groups excluding carboxylic acids is 5. The van der Waals surface area contributed by atoms with Crippen LogP contribution in [0.2, 0.25) is 0 Å². The van der Waals surface area contributed by atoms with E-state index in [0.29, 0.717) is 0 Å². The SMILES string of the molecule is CNC(=O)[C@H]1C[C@H]2CC[C@@H]1N2C(=O)[C@H]1C[C@H]2CC[C@@H]1N2C(=O)[C@H]1C[C@H]2CC[C@@H]1N2C(=O)[C@H]1C[C@H]2CC[C@@H]1N2C(C)=O. The molecule has 5 amide bonds. The van der Waals surface area contributed by atoms with Crippen LogP contribution in [0.1, 0.15) is 84.0 Å². The van der Waals surface area contributed by atoms with E-state index >= 15 is 0 Å². The number of hydrogen-bond donors (Lipinski definition) is 1. The molecule has 8 bridgehead atoms. The molecule has 1 N–H and O–H groups in total. The van der Waals surface area contributed by atoms with E-state index in [1.807, 2.05) is 9.80 Å². The summed E-state index contributed by atoms with van der Waals surface area (Å²) in [5.74, 6) is -0.0137. The molecule has 8 saturated heterocycles. The molecule has 8 rings (SSSR count). The summed E-state index contributed by atoms with van der Waals surface area (Å²) in [5.41, 5.74) is 0. The summed E-state index contributed by atoms with van der Waals surface area (Å²) in [6.07, 6.45) is 10.4. The Morgan fingerprint density at radius 2 is 0.805 bits per heavy atom. The first-order chi connectivity index (χ1) is 19.8. The first kappa shape index (κ1) is 26.0. The van der Waals surface area contributed by atoms with E-state index in [0.717, 1.165) is 77.0 Å². The fourth-order valence-electron chi connectivity index (χ4n) is 11.3. The van der Waals surface area contributed by atoms with Crippen molar-refractivity contribution in [3.05, 3.63) is 0 Å². The molecule has 0 aromatic carbocycles. The van der Waals surface area contributed by atoms with Gasteiger partial charge in [-0.2, -0.15) is 0 Å². The highest BCUT2D eigenvalue weighted by Gasteiger charge is 2.61. The van der Waals surface area contributed by atoms with E-state index in [2.05, 4.69) is 15.1 Å². The van der Waals surface area contributed by atoms with Crippen molar-refractivity contribution in [1.29, 1.82) is 0 Å². The van der Waals surface area contributed by atoms with Crippen LogP contribution in [0.4, 0.5) is 0 Å². The Hall–Kier alpha value is -2.65. The second-order valence-corrected chi connectivity index (χ2v) is 14.3. The summed E-state index contributed by atoms with van der Waals surface area (Å²) < 4.78 is 0. The molecule has 0 aromatic rings. The van der Waals surface area contributed by atoms with Crippen molar-refractivity contribution < 1.29 is 24.0 Å². The Morgan fingerprint density at radius 1 is 0.488 bits per heavy atom. The van der Waals surface area contributed by atoms with Gasteiger partial charge in [-0.3, -0.25) is 24.0 Å². The second-order valence-electron chi connectivity index (χ2n) is 14.3. The molecule has 0 aliphatic carbocycles. The molecule has 10 heteroatoms. The molecule has 8 aliphatic rings. The number of carbonyl (C=O) groups is 5. The zero-order valence-electron chi connectivity index (χ0n) is 24.2. The van der Waals surface area contributed by atoms with Gasteiger partial charge in [-0.15, -0.1) is 0 Å². The van der Waals surface area contributed by atoms with Crippen LogP contribution in [0.3, 0.4) is 0 Å². The van der Waals surface area contributed by atoms with Crippen LogP contribution < -0.4 is 5.32 Å². The molecule has 8 aliphatic heterocycles. The highest BCUT2D eigenvalue weighted by atomic mass is 16.2. The number of hydrogen-bond acceptors (Lipinski definition) is 5. The molecule has 0 radical (unpaired) electrons. The fraction of sp³-hybridized carbons (Fsp3) is 0.839. The van der Waals surface area contributed by atoms with Gasteiger partial charge in [0.1, 0.15) is 0 Å². The monoisotopic (exact) mass is 565 g/mol. The molecule has 8 heterocycles. The third kappa shape index (κ3) is 3.51. The van der Waals surface area contributed by atoms with E-state index in [9.17, 15) is 24.0 Å². The van der Waals surface area contributed by atoms with Crippen LogP contribution >= 0.6 is 0 Å². The third-order valence-corrected chi connectivity index (χ3v) is 12.8. The van der Waals surface area contributed by atoms with Gasteiger partial charge < -0.3 is 24.9 Å². The average molecular weight is 566 g/mol. The molecule has 8 fully saturated rings. The number of nitrogens with one attached hydrogen (secondary N) is 1. The van der Waals surface area contributed by atoms with Crippen molar-refractivity contribution >= 4 is 29.5 Å². The summed E-state index contributed by atoms with van der Waals surface area (Å²) in [6.45, 7) is 1.61. The highest BCUT2D eigenvalue weighted by Crippen LogP contribution is 2.51. The van der Waals surface area contributed by atoms with Gasteiger partial charge in [-0.05, 0) is 77.0 Å². The molecule has 222 valence electrons. The second kappa shape index (κ2) is 9.17. The Labute approximate surface area is 241 Å². The van der Waals surface area contributed by atoms with Gasteiger partial charge in [0.25, 0.3) is 0 Å². The predicted molar refractivity (Wildman–Crippen MR) is 147 cm³/mol. The van der Waals surface area contributed by atoms with Gasteiger partial charge in [-0.25, -0.2) is 0 Å². The van der Waals surface area contributed by atoms with Gasteiger partial charge in [0.05, 0.1) is 23.7 Å². The van der Waals surface area contributed by atoms with Gasteiger partial charge >= 0.3 is 0 Å². The Morgan fingerprint density at radius 3 is 1.15 bits per heavy atom. The number of amides is 5. The summed E-state index contributed by atoms with van der Waals surface area (Å²) in [6, 6.07) is 0.456. The predicted octanol–water partition coefficient (Wildman–Crippen LogP) is 1.27. The summed E-state index contributed by atoms with van der Waals surface area (Å²) in [5, 5.41) is 2.78. The maximum absolute atomic E-state index is 14.2. The zero-order valence-corrected chi connectivity index (χ0v) is 24.2. The Balaban J connectivity index is 0.967. The van der Waals surface area contributed by atoms with Crippen molar-refractivity contribution in [3.63, 3.8) is 0 Å². The summed E-state index contributed by atoms with van der Waals surface area (Å²) in [4.78, 5) is 75.0. The van der Waals surface area contributed by atoms with Crippen LogP contribution in [-0.2, 0) is 24.0 Å². The van der Waals surface area contributed by atoms with Gasteiger partial charge in [0.15, 0.2) is 0 Å². The average Bonchev–Trinajstić information content (AvgIpc) is 3.85. The summed E-state index contributed by atoms with van der Waals surface area (Å²) in [7, 11) is 1.67. The van der Waals surface area contributed by atoms with E-state index in [1.54, 1.807) is 14.0 Å². The quantitative estimate of drug-likeness (QED) is 0.552. The van der Waals surface area contributed by atoms with E-state index in [1.165, 1.54) is 0 Å². The van der Waals surface area contributed by atoms with Crippen molar-refractivity contribution in [1.82, 2.24) is 24.9 Å². The Bertz CT molecular complexity index is 1210. The molecule has 0 unspecified atom stereocenters.